The molecule has 0 heterocycles. The van der Waals surface area contributed by atoms with Crippen molar-refractivity contribution in [2.24, 2.45) is 0 Å². The lowest BCUT2D eigenvalue weighted by Crippen LogP contribution is -2.27. The molecular formula is C17H27NO6. The monoisotopic (exact) mass is 341 g/mol. The van der Waals surface area contributed by atoms with Crippen molar-refractivity contribution in [3.63, 3.8) is 0 Å². The Bertz CT molecular complexity index is 484. The number of rotatable bonds is 8. The van der Waals surface area contributed by atoms with Crippen LogP contribution in [0, 0.1) is 13.8 Å². The quantitative estimate of drug-likeness (QED) is 0.489. The number of aryl methyl sites for hydroxylation is 2. The lowest BCUT2D eigenvalue weighted by atomic mass is 10.1. The molecule has 0 unspecified atom stereocenters. The summed E-state index contributed by atoms with van der Waals surface area (Å²) in [4.78, 5) is 18.2. The van der Waals surface area contributed by atoms with Gasteiger partial charge in [-0.1, -0.05) is 32.0 Å². The zero-order valence-corrected chi connectivity index (χ0v) is 14.7. The summed E-state index contributed by atoms with van der Waals surface area (Å²) in [5, 5.41) is 18.1. The van der Waals surface area contributed by atoms with Crippen molar-refractivity contribution in [1.82, 2.24) is 5.32 Å². The van der Waals surface area contributed by atoms with Gasteiger partial charge in [0, 0.05) is 12.6 Å². The number of nitrogens with one attached hydrogen (secondary N) is 1. The van der Waals surface area contributed by atoms with Gasteiger partial charge in [-0.25, -0.2) is 9.59 Å². The minimum atomic E-state index is -1.82. The van der Waals surface area contributed by atoms with Crippen molar-refractivity contribution in [1.29, 1.82) is 0 Å². The van der Waals surface area contributed by atoms with Crippen LogP contribution in [-0.2, 0) is 14.3 Å². The van der Waals surface area contributed by atoms with Gasteiger partial charge in [-0.2, -0.15) is 0 Å². The van der Waals surface area contributed by atoms with Gasteiger partial charge in [-0.15, -0.1) is 0 Å². The van der Waals surface area contributed by atoms with Gasteiger partial charge >= 0.3 is 11.9 Å². The van der Waals surface area contributed by atoms with E-state index in [4.69, 9.17) is 29.3 Å². The molecule has 0 saturated carbocycles. The Morgan fingerprint density at radius 2 is 1.58 bits per heavy atom. The smallest absolute Gasteiger partial charge is 0.414 e. The predicted molar refractivity (Wildman–Crippen MR) is 90.6 cm³/mol. The van der Waals surface area contributed by atoms with E-state index in [0.29, 0.717) is 19.3 Å². The number of hydrogen-bond donors (Lipinski definition) is 3. The van der Waals surface area contributed by atoms with Crippen molar-refractivity contribution >= 4 is 11.9 Å². The van der Waals surface area contributed by atoms with Gasteiger partial charge in [0.2, 0.25) is 0 Å². The number of ether oxygens (including phenoxy) is 2. The summed E-state index contributed by atoms with van der Waals surface area (Å²) in [7, 11) is 0. The Morgan fingerprint density at radius 3 is 2.04 bits per heavy atom. The largest absolute Gasteiger partial charge is 0.491 e. The van der Waals surface area contributed by atoms with Crippen LogP contribution in [0.15, 0.2) is 18.2 Å². The SMILES string of the molecule is Cc1cccc(C)c1OCCOCCNC(C)C.O=C(O)C(=O)O. The molecule has 0 atom stereocenters. The highest BCUT2D eigenvalue weighted by molar-refractivity contribution is 6.27. The van der Waals surface area contributed by atoms with E-state index in [9.17, 15) is 0 Å². The highest BCUT2D eigenvalue weighted by Crippen LogP contribution is 2.21. The fourth-order valence-corrected chi connectivity index (χ4v) is 1.75. The molecule has 1 rings (SSSR count). The summed E-state index contributed by atoms with van der Waals surface area (Å²) in [6.45, 7) is 11.2. The lowest BCUT2D eigenvalue weighted by molar-refractivity contribution is -0.159. The van der Waals surface area contributed by atoms with Crippen molar-refractivity contribution < 1.29 is 29.3 Å². The highest BCUT2D eigenvalue weighted by Gasteiger charge is 2.04. The Balaban J connectivity index is 0.000000754. The van der Waals surface area contributed by atoms with E-state index in [1.807, 2.05) is 6.07 Å². The van der Waals surface area contributed by atoms with E-state index in [-0.39, 0.29) is 0 Å². The van der Waals surface area contributed by atoms with E-state index in [1.54, 1.807) is 0 Å². The normalized spacial score (nSPS) is 10.0. The standard InChI is InChI=1S/C15H25NO2.C2H2O4/c1-12(2)16-8-9-17-10-11-18-15-13(3)6-5-7-14(15)4;3-1(4)2(5)6/h5-7,12,16H,8-11H2,1-4H3;(H,3,4)(H,5,6). The molecule has 136 valence electrons. The van der Waals surface area contributed by atoms with Gasteiger partial charge in [0.15, 0.2) is 0 Å². The second-order valence-corrected chi connectivity index (χ2v) is 5.40. The molecular weight excluding hydrogens is 314 g/mol. The highest BCUT2D eigenvalue weighted by atomic mass is 16.5. The number of carbonyl (C=O) groups is 2. The molecule has 0 aliphatic rings. The average molecular weight is 341 g/mol. The number of benzene rings is 1. The first kappa shape index (κ1) is 21.9. The third kappa shape index (κ3) is 10.6. The molecule has 0 bridgehead atoms. The molecule has 0 aromatic heterocycles. The van der Waals surface area contributed by atoms with Gasteiger partial charge < -0.3 is 25.0 Å². The first-order valence-corrected chi connectivity index (χ1v) is 7.72. The Hall–Kier alpha value is -2.12. The van der Waals surface area contributed by atoms with Gasteiger partial charge in [-0.05, 0) is 25.0 Å². The zero-order chi connectivity index (χ0) is 18.5. The molecule has 7 nitrogen and oxygen atoms in total. The number of carboxylic acid groups (broad SMARTS) is 2. The first-order valence-electron chi connectivity index (χ1n) is 7.72. The summed E-state index contributed by atoms with van der Waals surface area (Å²) < 4.78 is 11.2. The van der Waals surface area contributed by atoms with Crippen LogP contribution in [0.25, 0.3) is 0 Å². The molecule has 0 saturated heterocycles. The maximum atomic E-state index is 9.10. The maximum absolute atomic E-state index is 9.10. The Kier molecular flexibility index (Phi) is 11.2. The summed E-state index contributed by atoms with van der Waals surface area (Å²) in [6.07, 6.45) is 0. The van der Waals surface area contributed by atoms with Crippen LogP contribution in [0.2, 0.25) is 0 Å². The minimum Gasteiger partial charge on any atom is -0.491 e. The van der Waals surface area contributed by atoms with E-state index in [0.717, 1.165) is 18.9 Å². The molecule has 3 N–H and O–H groups in total. The molecule has 1 aromatic rings. The Morgan fingerprint density at radius 1 is 1.04 bits per heavy atom. The van der Waals surface area contributed by atoms with Crippen molar-refractivity contribution in [3.05, 3.63) is 29.3 Å². The molecule has 0 radical (unpaired) electrons. The van der Waals surface area contributed by atoms with E-state index in [1.165, 1.54) is 11.1 Å². The van der Waals surface area contributed by atoms with Crippen LogP contribution >= 0.6 is 0 Å². The van der Waals surface area contributed by atoms with Gasteiger partial charge in [0.05, 0.1) is 13.2 Å². The molecule has 1 aromatic carbocycles. The number of aliphatic carboxylic acids is 2. The lowest BCUT2D eigenvalue weighted by Gasteiger charge is -2.12. The van der Waals surface area contributed by atoms with Crippen LogP contribution in [0.1, 0.15) is 25.0 Å². The number of para-hydroxylation sites is 1. The van der Waals surface area contributed by atoms with E-state index in [2.05, 4.69) is 45.1 Å². The second-order valence-electron chi connectivity index (χ2n) is 5.40. The van der Waals surface area contributed by atoms with Crippen molar-refractivity contribution in [2.45, 2.75) is 33.7 Å². The molecule has 7 heteroatoms. The third-order valence-electron chi connectivity index (χ3n) is 2.86. The predicted octanol–water partition coefficient (Wildman–Crippen LogP) is 1.85. The average Bonchev–Trinajstić information content (AvgIpc) is 2.49. The number of hydrogen-bond acceptors (Lipinski definition) is 5. The van der Waals surface area contributed by atoms with Crippen LogP contribution in [-0.4, -0.2) is 54.6 Å². The van der Waals surface area contributed by atoms with Gasteiger partial charge in [-0.3, -0.25) is 0 Å². The molecule has 0 fully saturated rings. The van der Waals surface area contributed by atoms with Crippen LogP contribution in [0.4, 0.5) is 0 Å². The molecule has 0 aliphatic carbocycles. The molecule has 24 heavy (non-hydrogen) atoms. The van der Waals surface area contributed by atoms with Gasteiger partial charge in [0.25, 0.3) is 0 Å². The van der Waals surface area contributed by atoms with Crippen molar-refractivity contribution in [2.75, 3.05) is 26.4 Å². The number of carboxylic acids is 2. The van der Waals surface area contributed by atoms with E-state index < -0.39 is 11.9 Å². The van der Waals surface area contributed by atoms with E-state index >= 15 is 0 Å². The fraction of sp³-hybridized carbons (Fsp3) is 0.529. The summed E-state index contributed by atoms with van der Waals surface area (Å²) in [6, 6.07) is 6.69. The Labute approximate surface area is 142 Å². The second kappa shape index (κ2) is 12.3. The summed E-state index contributed by atoms with van der Waals surface area (Å²) in [5.41, 5.74) is 2.35. The maximum Gasteiger partial charge on any atom is 0.414 e. The zero-order valence-electron chi connectivity index (χ0n) is 14.7. The topological polar surface area (TPSA) is 105 Å². The van der Waals surface area contributed by atoms with Crippen LogP contribution in [0.3, 0.4) is 0 Å². The van der Waals surface area contributed by atoms with Crippen LogP contribution < -0.4 is 10.1 Å². The minimum absolute atomic E-state index is 0.513. The summed E-state index contributed by atoms with van der Waals surface area (Å²) in [5.74, 6) is -2.66. The molecule has 0 amide bonds. The molecule has 0 spiro atoms. The summed E-state index contributed by atoms with van der Waals surface area (Å²) >= 11 is 0. The first-order chi connectivity index (χ1) is 11.3. The van der Waals surface area contributed by atoms with Crippen LogP contribution in [0.5, 0.6) is 5.75 Å². The molecule has 0 aliphatic heterocycles. The van der Waals surface area contributed by atoms with Gasteiger partial charge in [0.1, 0.15) is 12.4 Å². The third-order valence-corrected chi connectivity index (χ3v) is 2.86. The van der Waals surface area contributed by atoms with Crippen molar-refractivity contribution in [3.8, 4) is 5.75 Å². The fourth-order valence-electron chi connectivity index (χ4n) is 1.75.